The molecule has 0 aliphatic carbocycles. The number of hydrogen-bond donors (Lipinski definition) is 3. The van der Waals surface area contributed by atoms with Crippen molar-refractivity contribution in [1.29, 1.82) is 0 Å². The molecule has 3 aromatic rings. The number of benzene rings is 1. The summed E-state index contributed by atoms with van der Waals surface area (Å²) in [5, 5.41) is 7.99. The van der Waals surface area contributed by atoms with Crippen molar-refractivity contribution >= 4 is 22.4 Å². The van der Waals surface area contributed by atoms with Crippen LogP contribution < -0.4 is 16.4 Å². The molecule has 0 amide bonds. The van der Waals surface area contributed by atoms with Crippen molar-refractivity contribution in [2.75, 3.05) is 50.9 Å². The minimum absolute atomic E-state index is 0.715. The lowest BCUT2D eigenvalue weighted by molar-refractivity contribution is 0.405. The van der Waals surface area contributed by atoms with E-state index >= 15 is 0 Å². The monoisotopic (exact) mass is 392 g/mol. The summed E-state index contributed by atoms with van der Waals surface area (Å²) in [6.45, 7) is 3.62. The predicted octanol–water partition coefficient (Wildman–Crippen LogP) is 3.81. The van der Waals surface area contributed by atoms with Crippen molar-refractivity contribution < 1.29 is 0 Å². The molecule has 0 bridgehead atoms. The maximum atomic E-state index is 5.60. The number of nitrogens with two attached hydrogens (primary N) is 1. The van der Waals surface area contributed by atoms with Gasteiger partial charge >= 0.3 is 0 Å². The average molecular weight is 393 g/mol. The molecule has 0 radical (unpaired) electrons. The highest BCUT2D eigenvalue weighted by molar-refractivity contribution is 5.92. The number of nitrogens with zero attached hydrogens (tertiary/aromatic N) is 3. The van der Waals surface area contributed by atoms with Crippen molar-refractivity contribution in [1.82, 2.24) is 14.9 Å². The van der Waals surface area contributed by atoms with Crippen LogP contribution >= 0.6 is 0 Å². The molecule has 1 aromatic carbocycles. The van der Waals surface area contributed by atoms with Gasteiger partial charge in [0, 0.05) is 35.9 Å². The molecular weight excluding hydrogens is 360 g/mol. The Morgan fingerprint density at radius 2 is 1.76 bits per heavy atom. The molecule has 2 heterocycles. The normalized spacial score (nSPS) is 11.2. The first-order valence-corrected chi connectivity index (χ1v) is 10.4. The summed E-state index contributed by atoms with van der Waals surface area (Å²) in [6.07, 6.45) is 4.97. The number of unbranched alkanes of at least 4 members (excludes halogenated alkanes) is 1. The minimum Gasteiger partial charge on any atom is -0.385 e. The number of aromatic nitrogens is 2. The van der Waals surface area contributed by atoms with Crippen molar-refractivity contribution in [2.45, 2.75) is 19.3 Å². The van der Waals surface area contributed by atoms with Crippen molar-refractivity contribution in [3.63, 3.8) is 0 Å². The van der Waals surface area contributed by atoms with Gasteiger partial charge in [-0.05, 0) is 76.8 Å². The summed E-state index contributed by atoms with van der Waals surface area (Å²) in [5.41, 5.74) is 9.69. The van der Waals surface area contributed by atoms with E-state index in [1.165, 1.54) is 0 Å². The molecule has 0 saturated heterocycles. The lowest BCUT2D eigenvalue weighted by Crippen LogP contribution is -2.16. The van der Waals surface area contributed by atoms with Gasteiger partial charge in [-0.15, -0.1) is 0 Å². The van der Waals surface area contributed by atoms with Crippen LogP contribution in [0.1, 0.15) is 19.3 Å². The zero-order chi connectivity index (χ0) is 20.5. The van der Waals surface area contributed by atoms with E-state index in [-0.39, 0.29) is 0 Å². The highest BCUT2D eigenvalue weighted by atomic mass is 15.1. The van der Waals surface area contributed by atoms with Gasteiger partial charge in [0.1, 0.15) is 5.82 Å². The minimum atomic E-state index is 0.715. The van der Waals surface area contributed by atoms with Crippen LogP contribution in [-0.2, 0) is 0 Å². The first-order chi connectivity index (χ1) is 14.2. The third-order valence-electron chi connectivity index (χ3n) is 4.81. The Morgan fingerprint density at radius 3 is 2.52 bits per heavy atom. The third kappa shape index (κ3) is 6.14. The molecule has 0 spiro atoms. The highest BCUT2D eigenvalue weighted by Crippen LogP contribution is 2.27. The Balaban J connectivity index is 1.74. The van der Waals surface area contributed by atoms with Crippen LogP contribution in [0.4, 0.5) is 11.5 Å². The molecule has 4 N–H and O–H groups in total. The maximum absolute atomic E-state index is 5.60. The maximum Gasteiger partial charge on any atom is 0.136 e. The fraction of sp³-hybridized carbons (Fsp3) is 0.391. The van der Waals surface area contributed by atoms with Gasteiger partial charge in [0.25, 0.3) is 0 Å². The Bertz CT molecular complexity index is 892. The van der Waals surface area contributed by atoms with Gasteiger partial charge in [-0.1, -0.05) is 12.1 Å². The van der Waals surface area contributed by atoms with Crippen LogP contribution in [0, 0.1) is 0 Å². The van der Waals surface area contributed by atoms with Gasteiger partial charge in [-0.2, -0.15) is 0 Å². The topological polar surface area (TPSA) is 79.1 Å². The van der Waals surface area contributed by atoms with Crippen LogP contribution in [0.25, 0.3) is 22.2 Å². The summed E-state index contributed by atoms with van der Waals surface area (Å²) in [6, 6.07) is 14.5. The van der Waals surface area contributed by atoms with Crippen LogP contribution in [0.15, 0.2) is 48.7 Å². The number of anilines is 2. The van der Waals surface area contributed by atoms with Gasteiger partial charge in [0.2, 0.25) is 0 Å². The van der Waals surface area contributed by atoms with Gasteiger partial charge in [0.05, 0.1) is 11.2 Å². The molecule has 0 aliphatic heterocycles. The van der Waals surface area contributed by atoms with Crippen molar-refractivity contribution in [3.05, 3.63) is 48.7 Å². The second-order valence-electron chi connectivity index (χ2n) is 7.51. The van der Waals surface area contributed by atoms with Crippen molar-refractivity contribution in [3.8, 4) is 11.3 Å². The van der Waals surface area contributed by atoms with Gasteiger partial charge in [-0.3, -0.25) is 4.98 Å². The Labute approximate surface area is 173 Å². The largest absolute Gasteiger partial charge is 0.385 e. The molecule has 0 unspecified atom stereocenters. The standard InChI is InChI=1S/C23H32N6/c1-29(2)16-6-15-25-19-10-8-18(9-11-19)21-17-22-20(7-5-14-26-22)23(28-21)27-13-4-3-12-24/h5,7-11,14,17,25H,3-4,6,12-13,15-16,24H2,1-2H3,(H,27,28). The second-order valence-corrected chi connectivity index (χ2v) is 7.51. The van der Waals surface area contributed by atoms with Crippen LogP contribution in [0.2, 0.25) is 0 Å². The summed E-state index contributed by atoms with van der Waals surface area (Å²) >= 11 is 0. The Kier molecular flexibility index (Phi) is 7.78. The van der Waals surface area contributed by atoms with E-state index in [2.05, 4.69) is 71.0 Å². The van der Waals surface area contributed by atoms with E-state index in [1.807, 2.05) is 12.3 Å². The molecule has 6 nitrogen and oxygen atoms in total. The van der Waals surface area contributed by atoms with E-state index < -0.39 is 0 Å². The van der Waals surface area contributed by atoms with Gasteiger partial charge < -0.3 is 21.3 Å². The molecule has 29 heavy (non-hydrogen) atoms. The quantitative estimate of drug-likeness (QED) is 0.431. The molecular formula is C23H32N6. The van der Waals surface area contributed by atoms with Crippen LogP contribution in [0.3, 0.4) is 0 Å². The zero-order valence-corrected chi connectivity index (χ0v) is 17.5. The Hall–Kier alpha value is -2.70. The molecule has 6 heteroatoms. The first kappa shape index (κ1) is 21.0. The van der Waals surface area contributed by atoms with E-state index in [4.69, 9.17) is 10.7 Å². The number of pyridine rings is 2. The molecule has 0 saturated carbocycles. The highest BCUT2D eigenvalue weighted by Gasteiger charge is 2.08. The summed E-state index contributed by atoms with van der Waals surface area (Å²) in [4.78, 5) is 11.6. The van der Waals surface area contributed by atoms with E-state index in [0.717, 1.165) is 72.6 Å². The second kappa shape index (κ2) is 10.7. The van der Waals surface area contributed by atoms with Crippen molar-refractivity contribution in [2.24, 2.45) is 5.73 Å². The number of fused-ring (bicyclic) bond motifs is 1. The van der Waals surface area contributed by atoms with Crippen LogP contribution in [-0.4, -0.2) is 55.1 Å². The predicted molar refractivity (Wildman–Crippen MR) is 123 cm³/mol. The number of nitrogens with one attached hydrogen (secondary N) is 2. The molecule has 0 fully saturated rings. The third-order valence-corrected chi connectivity index (χ3v) is 4.81. The zero-order valence-electron chi connectivity index (χ0n) is 17.5. The molecule has 2 aromatic heterocycles. The SMILES string of the molecule is CN(C)CCCNc1ccc(-c2cc3ncccc3c(NCCCCN)n2)cc1. The average Bonchev–Trinajstić information content (AvgIpc) is 2.74. The molecule has 3 rings (SSSR count). The molecule has 0 aliphatic rings. The fourth-order valence-corrected chi connectivity index (χ4v) is 3.22. The lowest BCUT2D eigenvalue weighted by Gasteiger charge is -2.12. The molecule has 0 atom stereocenters. The van der Waals surface area contributed by atoms with E-state index in [0.29, 0.717) is 6.54 Å². The van der Waals surface area contributed by atoms with Crippen LogP contribution in [0.5, 0.6) is 0 Å². The fourth-order valence-electron chi connectivity index (χ4n) is 3.22. The number of hydrogen-bond acceptors (Lipinski definition) is 6. The van der Waals surface area contributed by atoms with E-state index in [9.17, 15) is 0 Å². The van der Waals surface area contributed by atoms with E-state index in [1.54, 1.807) is 0 Å². The van der Waals surface area contributed by atoms with Gasteiger partial charge in [-0.25, -0.2) is 4.98 Å². The summed E-state index contributed by atoms with van der Waals surface area (Å²) < 4.78 is 0. The molecule has 154 valence electrons. The smallest absolute Gasteiger partial charge is 0.136 e. The van der Waals surface area contributed by atoms with Gasteiger partial charge in [0.15, 0.2) is 0 Å². The summed E-state index contributed by atoms with van der Waals surface area (Å²) in [7, 11) is 4.20. The summed E-state index contributed by atoms with van der Waals surface area (Å²) in [5.74, 6) is 0.883. The number of rotatable bonds is 11. The first-order valence-electron chi connectivity index (χ1n) is 10.4. The lowest BCUT2D eigenvalue weighted by atomic mass is 10.1. The Morgan fingerprint density at radius 1 is 0.966 bits per heavy atom.